The first-order valence-corrected chi connectivity index (χ1v) is 11.1. The first-order chi connectivity index (χ1) is 15.3. The molecule has 0 aliphatic carbocycles. The summed E-state index contributed by atoms with van der Waals surface area (Å²) in [6.45, 7) is 6.64. The van der Waals surface area contributed by atoms with Gasteiger partial charge in [-0.15, -0.1) is 0 Å². The molecule has 1 aliphatic heterocycles. The summed E-state index contributed by atoms with van der Waals surface area (Å²) in [5.41, 5.74) is 3.35. The van der Waals surface area contributed by atoms with Crippen molar-refractivity contribution in [2.75, 3.05) is 19.6 Å². The number of nitrogens with one attached hydrogen (secondary N) is 2. The van der Waals surface area contributed by atoms with Crippen molar-refractivity contribution in [3.63, 3.8) is 0 Å². The molecule has 3 aromatic rings. The number of aliphatic imine (C=N–C) groups is 1. The van der Waals surface area contributed by atoms with Gasteiger partial charge in [-0.25, -0.2) is 9.67 Å². The lowest BCUT2D eigenvalue weighted by atomic mass is 10.0. The maximum Gasteiger partial charge on any atom is 0.191 e. The zero-order valence-corrected chi connectivity index (χ0v) is 18.1. The molecule has 1 aromatic carbocycles. The third kappa shape index (κ3) is 6.15. The van der Waals surface area contributed by atoms with Crippen LogP contribution >= 0.6 is 0 Å². The van der Waals surface area contributed by atoms with Crippen LogP contribution in [0.5, 0.6) is 0 Å². The lowest BCUT2D eigenvalue weighted by Crippen LogP contribution is -2.48. The number of rotatable bonds is 7. The minimum Gasteiger partial charge on any atom is -0.357 e. The number of hydrogen-bond donors (Lipinski definition) is 2. The number of benzene rings is 1. The monoisotopic (exact) mass is 417 g/mol. The fraction of sp³-hybridized carbons (Fsp3) is 0.375. The minimum absolute atomic E-state index is 0.438. The summed E-state index contributed by atoms with van der Waals surface area (Å²) in [5, 5.41) is 11.3. The van der Waals surface area contributed by atoms with E-state index in [1.807, 2.05) is 29.2 Å². The highest BCUT2D eigenvalue weighted by Crippen LogP contribution is 2.14. The fourth-order valence-corrected chi connectivity index (χ4v) is 3.86. The summed E-state index contributed by atoms with van der Waals surface area (Å²) in [4.78, 5) is 11.8. The molecule has 0 unspecified atom stereocenters. The zero-order chi connectivity index (χ0) is 21.3. The quantitative estimate of drug-likeness (QED) is 0.457. The molecule has 1 saturated heterocycles. The Kier molecular flexibility index (Phi) is 7.28. The predicted octanol–water partition coefficient (Wildman–Crippen LogP) is 2.99. The van der Waals surface area contributed by atoms with Gasteiger partial charge in [-0.2, -0.15) is 5.10 Å². The van der Waals surface area contributed by atoms with Crippen LogP contribution in [0.25, 0.3) is 5.69 Å². The lowest BCUT2D eigenvalue weighted by Gasteiger charge is -2.32. The van der Waals surface area contributed by atoms with Crippen LogP contribution in [0.4, 0.5) is 0 Å². The van der Waals surface area contributed by atoms with E-state index < -0.39 is 0 Å². The van der Waals surface area contributed by atoms with E-state index in [1.165, 1.54) is 0 Å². The second-order valence-electron chi connectivity index (χ2n) is 7.83. The second kappa shape index (κ2) is 10.7. The number of piperidine rings is 1. The molecule has 1 fully saturated rings. The molecule has 0 spiro atoms. The molecular weight excluding hydrogens is 386 g/mol. The molecule has 2 N–H and O–H groups in total. The highest BCUT2D eigenvalue weighted by Gasteiger charge is 2.20. The summed E-state index contributed by atoms with van der Waals surface area (Å²) in [6.07, 6.45) is 7.82. The summed E-state index contributed by atoms with van der Waals surface area (Å²) in [5.74, 6) is 0.884. The molecule has 7 nitrogen and oxygen atoms in total. The van der Waals surface area contributed by atoms with E-state index in [9.17, 15) is 0 Å². The SMILES string of the molecule is CCNC(=NCc1cccc(-n2cccn2)c1)NC1CCN(Cc2ccccn2)CC1. The van der Waals surface area contributed by atoms with Crippen molar-refractivity contribution < 1.29 is 0 Å². The van der Waals surface area contributed by atoms with Crippen molar-refractivity contribution in [3.8, 4) is 5.69 Å². The standard InChI is InChI=1S/C24H31N7/c1-2-25-24(27-18-20-7-5-9-23(17-20)31-14-6-13-28-31)29-21-10-15-30(16-11-21)19-22-8-3-4-12-26-22/h3-9,12-14,17,21H,2,10-11,15-16,18-19H2,1H3,(H2,25,27,29). The van der Waals surface area contributed by atoms with Gasteiger partial charge in [0.1, 0.15) is 0 Å². The van der Waals surface area contributed by atoms with Crippen molar-refractivity contribution in [3.05, 3.63) is 78.4 Å². The molecule has 2 aromatic heterocycles. The number of guanidine groups is 1. The van der Waals surface area contributed by atoms with Crippen LogP contribution in [0.3, 0.4) is 0 Å². The summed E-state index contributed by atoms with van der Waals surface area (Å²) >= 11 is 0. The number of pyridine rings is 1. The van der Waals surface area contributed by atoms with Gasteiger partial charge in [-0.1, -0.05) is 18.2 Å². The van der Waals surface area contributed by atoms with Crippen LogP contribution in [0.2, 0.25) is 0 Å². The average molecular weight is 418 g/mol. The molecular formula is C24H31N7. The van der Waals surface area contributed by atoms with Gasteiger partial charge in [0.05, 0.1) is 17.9 Å². The first-order valence-electron chi connectivity index (χ1n) is 11.1. The number of nitrogens with zero attached hydrogens (tertiary/aromatic N) is 5. The second-order valence-corrected chi connectivity index (χ2v) is 7.83. The van der Waals surface area contributed by atoms with Crippen LogP contribution < -0.4 is 10.6 Å². The van der Waals surface area contributed by atoms with Gasteiger partial charge in [0, 0.05) is 50.8 Å². The van der Waals surface area contributed by atoms with Crippen molar-refractivity contribution in [2.45, 2.75) is 38.9 Å². The van der Waals surface area contributed by atoms with Crippen molar-refractivity contribution in [1.29, 1.82) is 0 Å². The first kappa shape index (κ1) is 21.1. The Morgan fingerprint density at radius 1 is 1.10 bits per heavy atom. The lowest BCUT2D eigenvalue weighted by molar-refractivity contribution is 0.196. The molecule has 4 rings (SSSR count). The van der Waals surface area contributed by atoms with Crippen molar-refractivity contribution in [2.24, 2.45) is 4.99 Å². The Morgan fingerprint density at radius 3 is 2.74 bits per heavy atom. The summed E-state index contributed by atoms with van der Waals surface area (Å²) in [6, 6.07) is 16.8. The molecule has 31 heavy (non-hydrogen) atoms. The summed E-state index contributed by atoms with van der Waals surface area (Å²) in [7, 11) is 0. The highest BCUT2D eigenvalue weighted by molar-refractivity contribution is 5.80. The molecule has 0 radical (unpaired) electrons. The maximum atomic E-state index is 4.83. The number of hydrogen-bond acceptors (Lipinski definition) is 4. The van der Waals surface area contributed by atoms with Crippen LogP contribution in [0, 0.1) is 0 Å². The van der Waals surface area contributed by atoms with Crippen LogP contribution in [0.15, 0.2) is 72.1 Å². The maximum absolute atomic E-state index is 4.83. The van der Waals surface area contributed by atoms with E-state index in [2.05, 4.69) is 68.9 Å². The van der Waals surface area contributed by atoms with Gasteiger partial charge in [0.2, 0.25) is 0 Å². The van der Waals surface area contributed by atoms with E-state index >= 15 is 0 Å². The molecule has 162 valence electrons. The van der Waals surface area contributed by atoms with Gasteiger partial charge < -0.3 is 10.6 Å². The van der Waals surface area contributed by atoms with Gasteiger partial charge >= 0.3 is 0 Å². The Balaban J connectivity index is 1.31. The Hall–Kier alpha value is -3.19. The molecule has 0 bridgehead atoms. The molecule has 7 heteroatoms. The predicted molar refractivity (Wildman–Crippen MR) is 124 cm³/mol. The molecule has 1 aliphatic rings. The molecule has 0 amide bonds. The van der Waals surface area contributed by atoms with E-state index in [-0.39, 0.29) is 0 Å². The Labute approximate surface area is 184 Å². The van der Waals surface area contributed by atoms with Crippen LogP contribution in [-0.2, 0) is 13.1 Å². The minimum atomic E-state index is 0.438. The number of aromatic nitrogens is 3. The van der Waals surface area contributed by atoms with E-state index in [0.717, 1.165) is 61.9 Å². The molecule has 0 atom stereocenters. The van der Waals surface area contributed by atoms with Gasteiger partial charge in [-0.05, 0) is 55.7 Å². The third-order valence-corrected chi connectivity index (χ3v) is 5.48. The molecule has 3 heterocycles. The topological polar surface area (TPSA) is 70.4 Å². The van der Waals surface area contributed by atoms with Crippen LogP contribution in [0.1, 0.15) is 31.0 Å². The van der Waals surface area contributed by atoms with Crippen molar-refractivity contribution in [1.82, 2.24) is 30.3 Å². The van der Waals surface area contributed by atoms with E-state index in [0.29, 0.717) is 12.6 Å². The smallest absolute Gasteiger partial charge is 0.191 e. The normalized spacial score (nSPS) is 15.7. The van der Waals surface area contributed by atoms with Gasteiger partial charge in [0.25, 0.3) is 0 Å². The molecule has 0 saturated carbocycles. The zero-order valence-electron chi connectivity index (χ0n) is 18.1. The van der Waals surface area contributed by atoms with Gasteiger partial charge in [0.15, 0.2) is 5.96 Å². The average Bonchev–Trinajstić information content (AvgIpc) is 3.35. The third-order valence-electron chi connectivity index (χ3n) is 5.48. The van der Waals surface area contributed by atoms with Crippen molar-refractivity contribution >= 4 is 5.96 Å². The largest absolute Gasteiger partial charge is 0.357 e. The summed E-state index contributed by atoms with van der Waals surface area (Å²) < 4.78 is 1.87. The van der Waals surface area contributed by atoms with E-state index in [1.54, 1.807) is 6.20 Å². The Morgan fingerprint density at radius 2 is 2.00 bits per heavy atom. The van der Waals surface area contributed by atoms with E-state index in [4.69, 9.17) is 4.99 Å². The van der Waals surface area contributed by atoms with Crippen LogP contribution in [-0.4, -0.2) is 51.3 Å². The fourth-order valence-electron chi connectivity index (χ4n) is 3.86. The van der Waals surface area contributed by atoms with Gasteiger partial charge in [-0.3, -0.25) is 9.88 Å². The number of likely N-dealkylation sites (tertiary alicyclic amines) is 1. The highest BCUT2D eigenvalue weighted by atomic mass is 15.3. The Bertz CT molecular complexity index is 945.